The summed E-state index contributed by atoms with van der Waals surface area (Å²) in [7, 11) is -3.65. The number of hydrogen-bond acceptors (Lipinski definition) is 4. The van der Waals surface area contributed by atoms with Crippen molar-refractivity contribution in [2.45, 2.75) is 69.5 Å². The van der Waals surface area contributed by atoms with Crippen LogP contribution in [-0.2, 0) is 25.0 Å². The molecule has 3 rings (SSSR count). The van der Waals surface area contributed by atoms with Crippen molar-refractivity contribution in [3.8, 4) is 0 Å². The van der Waals surface area contributed by atoms with Crippen molar-refractivity contribution >= 4 is 27.6 Å². The Kier molecular flexibility index (Phi) is 8.59. The van der Waals surface area contributed by atoms with Crippen LogP contribution < -0.4 is 10.0 Å². The summed E-state index contributed by atoms with van der Waals surface area (Å²) in [5, 5.41) is 10.2. The number of carboxylic acid groups (broad SMARTS) is 1. The lowest BCUT2D eigenvalue weighted by atomic mass is 9.94. The van der Waals surface area contributed by atoms with Crippen LogP contribution in [0.2, 0.25) is 0 Å². The molecule has 1 fully saturated rings. The predicted molar refractivity (Wildman–Crippen MR) is 126 cm³/mol. The van der Waals surface area contributed by atoms with E-state index in [1.165, 1.54) is 0 Å². The molecule has 1 unspecified atom stereocenters. The molecule has 0 aliphatic heterocycles. The van der Waals surface area contributed by atoms with Gasteiger partial charge in [0, 0.05) is 11.7 Å². The first-order chi connectivity index (χ1) is 16.1. The number of alkyl halides is 3. The Bertz CT molecular complexity index is 1170. The molecular formula is C24H29F3N2O5S. The normalized spacial score (nSPS) is 15.3. The van der Waals surface area contributed by atoms with Gasteiger partial charge in [-0.2, -0.15) is 13.2 Å². The monoisotopic (exact) mass is 514 g/mol. The fourth-order valence-electron chi connectivity index (χ4n) is 3.19. The lowest BCUT2D eigenvalue weighted by Gasteiger charge is -2.19. The molecular weight excluding hydrogens is 485 g/mol. The Hall–Kier alpha value is -3.08. The third kappa shape index (κ3) is 7.20. The number of nitrogens with one attached hydrogen (secondary N) is 2. The first kappa shape index (κ1) is 28.2. The van der Waals surface area contributed by atoms with E-state index in [1.54, 1.807) is 30.3 Å². The average molecular weight is 515 g/mol. The van der Waals surface area contributed by atoms with E-state index >= 15 is 0 Å². The summed E-state index contributed by atoms with van der Waals surface area (Å²) >= 11 is 0. The molecule has 0 spiro atoms. The van der Waals surface area contributed by atoms with E-state index < -0.39 is 27.6 Å². The fraction of sp³-hybridized carbons (Fsp3) is 0.417. The molecule has 192 valence electrons. The second-order valence-corrected chi connectivity index (χ2v) is 10.3. The van der Waals surface area contributed by atoms with Gasteiger partial charge in [0.15, 0.2) is 0 Å². The van der Waals surface area contributed by atoms with E-state index in [9.17, 15) is 26.4 Å². The topological polar surface area (TPSA) is 113 Å². The number of aryl methyl sites for hydroxylation is 2. The van der Waals surface area contributed by atoms with Crippen LogP contribution in [0.5, 0.6) is 0 Å². The van der Waals surface area contributed by atoms with Gasteiger partial charge in [0.1, 0.15) is 0 Å². The molecule has 11 heteroatoms. The summed E-state index contributed by atoms with van der Waals surface area (Å²) in [6.45, 7) is 7.88. The van der Waals surface area contributed by atoms with Gasteiger partial charge < -0.3 is 10.4 Å². The number of anilines is 1. The third-order valence-corrected chi connectivity index (χ3v) is 7.27. The number of sulfonamides is 1. The first-order valence-corrected chi connectivity index (χ1v) is 12.4. The van der Waals surface area contributed by atoms with E-state index in [1.807, 2.05) is 39.8 Å². The van der Waals surface area contributed by atoms with E-state index in [0.29, 0.717) is 5.69 Å². The molecule has 0 heterocycles. The zero-order valence-electron chi connectivity index (χ0n) is 19.9. The molecule has 0 radical (unpaired) electrons. The molecule has 0 saturated heterocycles. The molecule has 7 nitrogen and oxygen atoms in total. The Labute approximate surface area is 202 Å². The molecule has 3 N–H and O–H groups in total. The molecule has 1 aliphatic carbocycles. The number of amides is 1. The lowest BCUT2D eigenvalue weighted by molar-refractivity contribution is -0.192. The number of rotatable bonds is 7. The quantitative estimate of drug-likeness (QED) is 0.497. The van der Waals surface area contributed by atoms with Gasteiger partial charge in [-0.25, -0.2) is 13.2 Å². The van der Waals surface area contributed by atoms with Gasteiger partial charge in [-0.1, -0.05) is 25.1 Å². The van der Waals surface area contributed by atoms with Gasteiger partial charge in [0.05, 0.1) is 10.3 Å². The average Bonchev–Trinajstić information content (AvgIpc) is 3.57. The minimum absolute atomic E-state index is 0.0605. The Morgan fingerprint density at radius 2 is 1.60 bits per heavy atom. The molecule has 2 aromatic rings. The Balaban J connectivity index is 0.000000540. The molecule has 1 saturated carbocycles. The molecule has 35 heavy (non-hydrogen) atoms. The molecule has 1 atom stereocenters. The maximum atomic E-state index is 12.6. The maximum absolute atomic E-state index is 12.6. The third-order valence-electron chi connectivity index (χ3n) is 5.90. The van der Waals surface area contributed by atoms with Crippen molar-refractivity contribution in [1.82, 2.24) is 5.32 Å². The van der Waals surface area contributed by atoms with Crippen LogP contribution in [0.1, 0.15) is 49.8 Å². The van der Waals surface area contributed by atoms with Crippen molar-refractivity contribution in [1.29, 1.82) is 0 Å². The molecule has 1 amide bonds. The summed E-state index contributed by atoms with van der Waals surface area (Å²) in [5.41, 5.74) is 2.94. The van der Waals surface area contributed by atoms with E-state index in [2.05, 4.69) is 10.0 Å². The van der Waals surface area contributed by atoms with Crippen LogP contribution in [-0.4, -0.2) is 37.6 Å². The first-order valence-electron chi connectivity index (χ1n) is 10.9. The maximum Gasteiger partial charge on any atom is 0.490 e. The summed E-state index contributed by atoms with van der Waals surface area (Å²) in [5.74, 6) is -2.70. The van der Waals surface area contributed by atoms with Gasteiger partial charge in [-0.3, -0.25) is 9.52 Å². The van der Waals surface area contributed by atoms with E-state index in [-0.39, 0.29) is 16.8 Å². The number of hydrogen-bond donors (Lipinski definition) is 3. The van der Waals surface area contributed by atoms with Crippen LogP contribution in [0.4, 0.5) is 18.9 Å². The number of carboxylic acids is 1. The Morgan fingerprint density at radius 3 is 2.03 bits per heavy atom. The van der Waals surface area contributed by atoms with Gasteiger partial charge >= 0.3 is 12.1 Å². The largest absolute Gasteiger partial charge is 0.490 e. The zero-order valence-corrected chi connectivity index (χ0v) is 20.7. The van der Waals surface area contributed by atoms with Crippen molar-refractivity contribution < 1.29 is 36.3 Å². The number of carbonyl (C=O) groups excluding carboxylic acids is 1. The van der Waals surface area contributed by atoms with Gasteiger partial charge in [-0.05, 0) is 81.0 Å². The predicted octanol–water partition coefficient (Wildman–Crippen LogP) is 4.68. The SMILES string of the molecule is CCC(C)NC(=O)C1(c2ccc(NS(=O)(=O)c3ccc(C)c(C)c3)cc2)CC1.O=C(O)C(F)(F)F. The fourth-order valence-corrected chi connectivity index (χ4v) is 4.33. The molecule has 2 aromatic carbocycles. The van der Waals surface area contributed by atoms with Gasteiger partial charge in [0.25, 0.3) is 10.0 Å². The number of carbonyl (C=O) groups is 2. The second-order valence-electron chi connectivity index (χ2n) is 8.60. The van der Waals surface area contributed by atoms with Gasteiger partial charge in [-0.15, -0.1) is 0 Å². The van der Waals surface area contributed by atoms with Crippen LogP contribution in [0, 0.1) is 13.8 Å². The number of aliphatic carboxylic acids is 1. The smallest absolute Gasteiger partial charge is 0.475 e. The molecule has 0 bridgehead atoms. The van der Waals surface area contributed by atoms with Gasteiger partial charge in [0.2, 0.25) is 5.91 Å². The number of benzene rings is 2. The van der Waals surface area contributed by atoms with Crippen LogP contribution in [0.3, 0.4) is 0 Å². The van der Waals surface area contributed by atoms with Crippen molar-refractivity contribution in [2.75, 3.05) is 4.72 Å². The summed E-state index contributed by atoms with van der Waals surface area (Å²) in [6.07, 6.45) is -2.55. The van der Waals surface area contributed by atoms with Crippen molar-refractivity contribution in [3.63, 3.8) is 0 Å². The van der Waals surface area contributed by atoms with Crippen molar-refractivity contribution in [3.05, 3.63) is 59.2 Å². The minimum Gasteiger partial charge on any atom is -0.475 e. The zero-order chi connectivity index (χ0) is 26.6. The summed E-state index contributed by atoms with van der Waals surface area (Å²) in [4.78, 5) is 21.8. The lowest BCUT2D eigenvalue weighted by Crippen LogP contribution is -2.39. The molecule has 0 aromatic heterocycles. The highest BCUT2D eigenvalue weighted by Crippen LogP contribution is 2.48. The van der Waals surface area contributed by atoms with E-state index in [0.717, 1.165) is 36.0 Å². The molecule has 1 aliphatic rings. The van der Waals surface area contributed by atoms with Crippen LogP contribution in [0.15, 0.2) is 47.4 Å². The number of halogens is 3. The van der Waals surface area contributed by atoms with Crippen molar-refractivity contribution in [2.24, 2.45) is 0 Å². The highest BCUT2D eigenvalue weighted by molar-refractivity contribution is 7.92. The summed E-state index contributed by atoms with van der Waals surface area (Å²) < 4.78 is 59.7. The standard InChI is InChI=1S/C22H28N2O3S.C2HF3O2/c1-5-17(4)23-21(25)22(12-13-22)18-7-9-19(10-8-18)24-28(26,27)20-11-6-15(2)16(3)14-20;3-2(4,5)1(6)7/h6-11,14,17,24H,5,12-13H2,1-4H3,(H,23,25);(H,6,7). The second kappa shape index (κ2) is 10.7. The summed E-state index contributed by atoms with van der Waals surface area (Å²) in [6, 6.07) is 12.4. The Morgan fingerprint density at radius 1 is 1.06 bits per heavy atom. The highest BCUT2D eigenvalue weighted by atomic mass is 32.2. The highest BCUT2D eigenvalue weighted by Gasteiger charge is 2.51. The van der Waals surface area contributed by atoms with E-state index in [4.69, 9.17) is 9.90 Å². The minimum atomic E-state index is -5.08. The van der Waals surface area contributed by atoms with Crippen LogP contribution >= 0.6 is 0 Å². The van der Waals surface area contributed by atoms with Crippen LogP contribution in [0.25, 0.3) is 0 Å².